The van der Waals surface area contributed by atoms with Gasteiger partial charge in [-0.25, -0.2) is 8.42 Å². The van der Waals surface area contributed by atoms with Crippen molar-refractivity contribution in [2.75, 3.05) is 19.0 Å². The molecule has 0 aromatic carbocycles. The molecule has 2 aliphatic rings. The van der Waals surface area contributed by atoms with Gasteiger partial charge in [0.1, 0.15) is 17.5 Å². The van der Waals surface area contributed by atoms with E-state index in [1.165, 1.54) is 0 Å². The standard InChI is InChI=1S/C9H15NO7S/c1-2-3-18(13,14)7-5-16-8-6(17-10(11)12)4-15-9(7)8/h6-9H,2-5H2,1H3. The lowest BCUT2D eigenvalue weighted by Crippen LogP contribution is -2.38. The molecule has 0 aromatic heterocycles. The molecule has 9 heteroatoms. The zero-order valence-corrected chi connectivity index (χ0v) is 10.7. The Hall–Kier alpha value is -0.930. The molecule has 18 heavy (non-hydrogen) atoms. The zero-order valence-electron chi connectivity index (χ0n) is 9.85. The van der Waals surface area contributed by atoms with Gasteiger partial charge in [-0.15, -0.1) is 10.1 Å². The molecule has 2 fully saturated rings. The quantitative estimate of drug-likeness (QED) is 0.496. The van der Waals surface area contributed by atoms with Crippen molar-refractivity contribution in [1.82, 2.24) is 0 Å². The van der Waals surface area contributed by atoms with Crippen LogP contribution in [0.1, 0.15) is 13.3 Å². The molecular weight excluding hydrogens is 266 g/mol. The number of hydrogen-bond acceptors (Lipinski definition) is 7. The van der Waals surface area contributed by atoms with Gasteiger partial charge in [0.25, 0.3) is 5.09 Å². The van der Waals surface area contributed by atoms with E-state index in [1.54, 1.807) is 6.92 Å². The highest BCUT2D eigenvalue weighted by Gasteiger charge is 2.53. The molecule has 4 atom stereocenters. The minimum absolute atomic E-state index is 0.00917. The molecule has 0 aromatic rings. The minimum atomic E-state index is -3.29. The number of sulfone groups is 1. The molecule has 2 rings (SSSR count). The first kappa shape index (κ1) is 13.5. The van der Waals surface area contributed by atoms with E-state index in [2.05, 4.69) is 4.84 Å². The molecule has 0 amide bonds. The summed E-state index contributed by atoms with van der Waals surface area (Å²) in [6, 6.07) is 0. The third-order valence-electron chi connectivity index (χ3n) is 3.13. The van der Waals surface area contributed by atoms with Crippen LogP contribution < -0.4 is 0 Å². The van der Waals surface area contributed by atoms with Crippen LogP contribution in [0.15, 0.2) is 0 Å². The second-order valence-corrected chi connectivity index (χ2v) is 6.71. The average Bonchev–Trinajstić information content (AvgIpc) is 2.80. The summed E-state index contributed by atoms with van der Waals surface area (Å²) in [6.07, 6.45) is -1.66. The van der Waals surface area contributed by atoms with Crippen molar-refractivity contribution in [3.63, 3.8) is 0 Å². The molecule has 0 aliphatic carbocycles. The lowest BCUT2D eigenvalue weighted by atomic mass is 10.1. The molecule has 2 aliphatic heterocycles. The SMILES string of the molecule is CCCS(=O)(=O)C1COC2C(O[N+](=O)[O-])COC21. The molecule has 0 N–H and O–H groups in total. The van der Waals surface area contributed by atoms with Gasteiger partial charge in [0.2, 0.25) is 0 Å². The van der Waals surface area contributed by atoms with Crippen LogP contribution in [0.3, 0.4) is 0 Å². The van der Waals surface area contributed by atoms with Crippen LogP contribution in [0.2, 0.25) is 0 Å². The lowest BCUT2D eigenvalue weighted by molar-refractivity contribution is -0.769. The van der Waals surface area contributed by atoms with Crippen molar-refractivity contribution in [3.8, 4) is 0 Å². The fraction of sp³-hybridized carbons (Fsp3) is 1.00. The summed E-state index contributed by atoms with van der Waals surface area (Å²) in [6.45, 7) is 1.77. The Balaban J connectivity index is 2.07. The normalized spacial score (nSPS) is 35.4. The molecular formula is C9H15NO7S. The number of nitrogens with zero attached hydrogens (tertiary/aromatic N) is 1. The highest BCUT2D eigenvalue weighted by molar-refractivity contribution is 7.92. The largest absolute Gasteiger partial charge is 0.372 e. The molecule has 104 valence electrons. The van der Waals surface area contributed by atoms with Crippen molar-refractivity contribution < 1.29 is 27.8 Å². The maximum atomic E-state index is 12.0. The summed E-state index contributed by atoms with van der Waals surface area (Å²) >= 11 is 0. The van der Waals surface area contributed by atoms with Gasteiger partial charge in [-0.2, -0.15) is 0 Å². The van der Waals surface area contributed by atoms with Gasteiger partial charge < -0.3 is 14.3 Å². The second-order valence-electron chi connectivity index (χ2n) is 4.37. The first-order valence-corrected chi connectivity index (χ1v) is 7.43. The summed E-state index contributed by atoms with van der Waals surface area (Å²) in [5.41, 5.74) is 0. The van der Waals surface area contributed by atoms with E-state index in [-0.39, 0.29) is 19.0 Å². The molecule has 0 bridgehead atoms. The van der Waals surface area contributed by atoms with E-state index in [1.807, 2.05) is 0 Å². The zero-order chi connectivity index (χ0) is 13.3. The van der Waals surface area contributed by atoms with Crippen molar-refractivity contribution in [2.24, 2.45) is 0 Å². The molecule has 0 radical (unpaired) electrons. The Bertz CT molecular complexity index is 423. The Labute approximate surface area is 104 Å². The smallest absolute Gasteiger partial charge is 0.294 e. The fourth-order valence-corrected chi connectivity index (χ4v) is 4.17. The van der Waals surface area contributed by atoms with Gasteiger partial charge in [0.05, 0.1) is 19.0 Å². The van der Waals surface area contributed by atoms with Crippen LogP contribution in [0, 0.1) is 10.1 Å². The average molecular weight is 281 g/mol. The molecule has 4 unspecified atom stereocenters. The molecule has 2 saturated heterocycles. The predicted molar refractivity (Wildman–Crippen MR) is 59.2 cm³/mol. The van der Waals surface area contributed by atoms with Crippen molar-refractivity contribution >= 4 is 9.84 Å². The second kappa shape index (κ2) is 4.98. The van der Waals surface area contributed by atoms with E-state index < -0.39 is 38.5 Å². The molecule has 0 spiro atoms. The van der Waals surface area contributed by atoms with E-state index in [4.69, 9.17) is 9.47 Å². The number of rotatable bonds is 5. The number of hydrogen-bond donors (Lipinski definition) is 0. The molecule has 8 nitrogen and oxygen atoms in total. The Morgan fingerprint density at radius 3 is 2.61 bits per heavy atom. The first-order valence-electron chi connectivity index (χ1n) is 5.71. The Morgan fingerprint density at radius 2 is 2.00 bits per heavy atom. The van der Waals surface area contributed by atoms with E-state index >= 15 is 0 Å². The summed E-state index contributed by atoms with van der Waals surface area (Å²) in [5, 5.41) is 8.62. The monoisotopic (exact) mass is 281 g/mol. The lowest BCUT2D eigenvalue weighted by Gasteiger charge is -2.16. The highest BCUT2D eigenvalue weighted by atomic mass is 32.2. The maximum absolute atomic E-state index is 12.0. The van der Waals surface area contributed by atoms with Gasteiger partial charge >= 0.3 is 0 Å². The van der Waals surface area contributed by atoms with Gasteiger partial charge in [0, 0.05) is 0 Å². The van der Waals surface area contributed by atoms with Crippen LogP contribution in [-0.4, -0.2) is 56.0 Å². The van der Waals surface area contributed by atoms with Crippen molar-refractivity contribution in [3.05, 3.63) is 10.1 Å². The number of fused-ring (bicyclic) bond motifs is 1. The summed E-state index contributed by atoms with van der Waals surface area (Å²) in [5.74, 6) is 0.0639. The maximum Gasteiger partial charge on any atom is 0.294 e. The van der Waals surface area contributed by atoms with Crippen LogP contribution in [0.5, 0.6) is 0 Å². The predicted octanol–water partition coefficient (Wildman–Crippen LogP) is -0.446. The highest BCUT2D eigenvalue weighted by Crippen LogP contribution is 2.32. The van der Waals surface area contributed by atoms with Gasteiger partial charge in [-0.3, -0.25) is 0 Å². The number of ether oxygens (including phenoxy) is 2. The van der Waals surface area contributed by atoms with Gasteiger partial charge in [-0.1, -0.05) is 6.92 Å². The first-order chi connectivity index (χ1) is 8.45. The van der Waals surface area contributed by atoms with Crippen LogP contribution in [-0.2, 0) is 24.1 Å². The molecule has 0 saturated carbocycles. The van der Waals surface area contributed by atoms with E-state index in [9.17, 15) is 18.5 Å². The molecule has 2 heterocycles. The van der Waals surface area contributed by atoms with Gasteiger partial charge in [-0.05, 0) is 6.42 Å². The third kappa shape index (κ3) is 2.43. The Morgan fingerprint density at radius 1 is 1.33 bits per heavy atom. The fourth-order valence-electron chi connectivity index (χ4n) is 2.37. The summed E-state index contributed by atoms with van der Waals surface area (Å²) < 4.78 is 34.5. The van der Waals surface area contributed by atoms with Crippen LogP contribution in [0.4, 0.5) is 0 Å². The minimum Gasteiger partial charge on any atom is -0.372 e. The van der Waals surface area contributed by atoms with E-state index in [0.29, 0.717) is 6.42 Å². The van der Waals surface area contributed by atoms with Crippen LogP contribution >= 0.6 is 0 Å². The summed E-state index contributed by atoms with van der Waals surface area (Å²) in [4.78, 5) is 14.7. The third-order valence-corrected chi connectivity index (χ3v) is 5.44. The van der Waals surface area contributed by atoms with Crippen molar-refractivity contribution in [2.45, 2.75) is 36.9 Å². The van der Waals surface area contributed by atoms with Crippen LogP contribution in [0.25, 0.3) is 0 Å². The Kier molecular flexibility index (Phi) is 3.74. The van der Waals surface area contributed by atoms with Crippen molar-refractivity contribution in [1.29, 1.82) is 0 Å². The summed E-state index contributed by atoms with van der Waals surface area (Å²) in [7, 11) is -3.29. The topological polar surface area (TPSA) is 105 Å². The van der Waals surface area contributed by atoms with Gasteiger partial charge in [0.15, 0.2) is 15.9 Å². The van der Waals surface area contributed by atoms with E-state index in [0.717, 1.165) is 0 Å².